The number of hydrogen-bond acceptors (Lipinski definition) is 2. The van der Waals surface area contributed by atoms with Crippen molar-refractivity contribution in [3.63, 3.8) is 0 Å². The Bertz CT molecular complexity index is 523. The van der Waals surface area contributed by atoms with Crippen LogP contribution in [0.1, 0.15) is 25.8 Å². The van der Waals surface area contributed by atoms with Gasteiger partial charge in [-0.3, -0.25) is 4.79 Å². The fourth-order valence-corrected chi connectivity index (χ4v) is 1.80. The molecule has 0 aliphatic rings. The van der Waals surface area contributed by atoms with Gasteiger partial charge in [-0.1, -0.05) is 6.07 Å². The van der Waals surface area contributed by atoms with Crippen LogP contribution in [0.15, 0.2) is 18.2 Å². The molecule has 116 valence electrons. The topological polar surface area (TPSA) is 84.2 Å². The molecule has 0 unspecified atom stereocenters. The van der Waals surface area contributed by atoms with Crippen molar-refractivity contribution in [3.05, 3.63) is 35.4 Å². The van der Waals surface area contributed by atoms with Crippen LogP contribution in [0.25, 0.3) is 0 Å². The summed E-state index contributed by atoms with van der Waals surface area (Å²) in [5, 5.41) is 4.98. The van der Waals surface area contributed by atoms with E-state index in [-0.39, 0.29) is 11.9 Å². The monoisotopic (exact) mass is 299 g/mol. The van der Waals surface area contributed by atoms with Crippen molar-refractivity contribution in [1.82, 2.24) is 10.6 Å². The molecule has 0 heterocycles. The van der Waals surface area contributed by atoms with Crippen LogP contribution >= 0.6 is 0 Å². The number of urea groups is 1. The molecule has 0 bridgehead atoms. The van der Waals surface area contributed by atoms with Crippen LogP contribution in [0.4, 0.5) is 13.6 Å². The van der Waals surface area contributed by atoms with E-state index < -0.39 is 23.7 Å². The molecule has 0 radical (unpaired) electrons. The first kappa shape index (κ1) is 16.9. The van der Waals surface area contributed by atoms with Crippen molar-refractivity contribution in [3.8, 4) is 0 Å². The third-order valence-corrected chi connectivity index (χ3v) is 2.99. The molecule has 1 rings (SSSR count). The molecule has 0 saturated carbocycles. The zero-order valence-electron chi connectivity index (χ0n) is 12.0. The minimum Gasteiger partial charge on any atom is -0.352 e. The van der Waals surface area contributed by atoms with E-state index in [2.05, 4.69) is 10.6 Å². The quantitative estimate of drug-likeness (QED) is 0.743. The van der Waals surface area contributed by atoms with Gasteiger partial charge in [0.05, 0.1) is 0 Å². The van der Waals surface area contributed by atoms with Crippen molar-refractivity contribution in [2.24, 2.45) is 5.73 Å². The van der Waals surface area contributed by atoms with Crippen LogP contribution < -0.4 is 16.4 Å². The van der Waals surface area contributed by atoms with E-state index in [1.165, 1.54) is 13.0 Å². The highest BCUT2D eigenvalue weighted by Gasteiger charge is 2.16. The van der Waals surface area contributed by atoms with E-state index >= 15 is 0 Å². The number of nitrogens with two attached hydrogens (primary N) is 1. The predicted molar refractivity (Wildman–Crippen MR) is 74.5 cm³/mol. The molecule has 21 heavy (non-hydrogen) atoms. The summed E-state index contributed by atoms with van der Waals surface area (Å²) in [7, 11) is 0. The maximum atomic E-state index is 13.0. The lowest BCUT2D eigenvalue weighted by molar-refractivity contribution is -0.123. The van der Waals surface area contributed by atoms with Gasteiger partial charge in [-0.05, 0) is 44.4 Å². The minimum absolute atomic E-state index is 0.178. The normalized spacial score (nSPS) is 13.3. The Kier molecular flexibility index (Phi) is 6.08. The molecule has 0 spiro atoms. The fraction of sp³-hybridized carbons (Fsp3) is 0.429. The average molecular weight is 299 g/mol. The largest absolute Gasteiger partial charge is 0.352 e. The van der Waals surface area contributed by atoms with Crippen molar-refractivity contribution in [2.45, 2.75) is 38.8 Å². The molecule has 0 aliphatic carbocycles. The number of carbonyl (C=O) groups is 2. The maximum absolute atomic E-state index is 13.0. The van der Waals surface area contributed by atoms with Crippen molar-refractivity contribution < 1.29 is 18.4 Å². The summed E-state index contributed by atoms with van der Waals surface area (Å²) in [5.74, 6) is -2.12. The van der Waals surface area contributed by atoms with E-state index in [4.69, 9.17) is 5.73 Å². The highest BCUT2D eigenvalue weighted by molar-refractivity contribution is 5.86. The Labute approximate surface area is 121 Å². The lowest BCUT2D eigenvalue weighted by Crippen LogP contribution is -2.49. The first-order valence-electron chi connectivity index (χ1n) is 6.60. The summed E-state index contributed by atoms with van der Waals surface area (Å²) >= 11 is 0. The molecule has 0 fully saturated rings. The molecule has 0 aliphatic heterocycles. The molecule has 1 aromatic rings. The van der Waals surface area contributed by atoms with Crippen molar-refractivity contribution in [1.29, 1.82) is 0 Å². The third kappa shape index (κ3) is 5.76. The molecule has 0 saturated heterocycles. The smallest absolute Gasteiger partial charge is 0.312 e. The van der Waals surface area contributed by atoms with Gasteiger partial charge < -0.3 is 16.4 Å². The number of primary amides is 1. The summed E-state index contributed by atoms with van der Waals surface area (Å²) in [6.45, 7) is 3.30. The molecule has 5 nitrogen and oxygen atoms in total. The summed E-state index contributed by atoms with van der Waals surface area (Å²) in [5.41, 5.74) is 5.58. The Hall–Kier alpha value is -2.18. The van der Waals surface area contributed by atoms with Gasteiger partial charge in [-0.2, -0.15) is 0 Å². The van der Waals surface area contributed by atoms with Crippen LogP contribution in [-0.4, -0.2) is 24.0 Å². The molecule has 1 aromatic carbocycles. The number of benzene rings is 1. The molecule has 2 atom stereocenters. The van der Waals surface area contributed by atoms with Crippen LogP contribution in [-0.2, 0) is 11.2 Å². The number of nitrogens with one attached hydrogen (secondary N) is 2. The van der Waals surface area contributed by atoms with Gasteiger partial charge in [-0.25, -0.2) is 13.6 Å². The Balaban J connectivity index is 2.43. The Morgan fingerprint density at radius 2 is 1.86 bits per heavy atom. The second-order valence-corrected chi connectivity index (χ2v) is 4.93. The fourth-order valence-electron chi connectivity index (χ4n) is 1.80. The second-order valence-electron chi connectivity index (χ2n) is 4.93. The van der Waals surface area contributed by atoms with Gasteiger partial charge >= 0.3 is 6.03 Å². The van der Waals surface area contributed by atoms with Gasteiger partial charge in [0, 0.05) is 6.04 Å². The predicted octanol–water partition coefficient (Wildman–Crippen LogP) is 1.46. The van der Waals surface area contributed by atoms with E-state index in [9.17, 15) is 18.4 Å². The van der Waals surface area contributed by atoms with Crippen LogP contribution in [0.5, 0.6) is 0 Å². The summed E-state index contributed by atoms with van der Waals surface area (Å²) in [6, 6.07) is 2.04. The highest BCUT2D eigenvalue weighted by Crippen LogP contribution is 2.11. The van der Waals surface area contributed by atoms with E-state index in [1.54, 1.807) is 6.92 Å². The second kappa shape index (κ2) is 7.56. The van der Waals surface area contributed by atoms with Gasteiger partial charge in [0.25, 0.3) is 0 Å². The number of rotatable bonds is 6. The van der Waals surface area contributed by atoms with Gasteiger partial charge in [0.2, 0.25) is 5.91 Å². The molecule has 7 heteroatoms. The molecule has 3 amide bonds. The van der Waals surface area contributed by atoms with Crippen LogP contribution in [0, 0.1) is 11.6 Å². The van der Waals surface area contributed by atoms with Crippen molar-refractivity contribution in [2.75, 3.05) is 0 Å². The summed E-state index contributed by atoms with van der Waals surface area (Å²) in [6.07, 6.45) is 1.05. The maximum Gasteiger partial charge on any atom is 0.312 e. The van der Waals surface area contributed by atoms with Crippen LogP contribution in [0.2, 0.25) is 0 Å². The number of amides is 3. The van der Waals surface area contributed by atoms with Gasteiger partial charge in [0.1, 0.15) is 6.04 Å². The van der Waals surface area contributed by atoms with E-state index in [0.717, 1.165) is 12.1 Å². The zero-order valence-corrected chi connectivity index (χ0v) is 12.0. The Morgan fingerprint density at radius 3 is 2.43 bits per heavy atom. The minimum atomic E-state index is -0.886. The van der Waals surface area contributed by atoms with Gasteiger partial charge in [0.15, 0.2) is 11.6 Å². The molecular weight excluding hydrogens is 280 g/mol. The number of aryl methyl sites for hydroxylation is 1. The third-order valence-electron chi connectivity index (χ3n) is 2.99. The standard InChI is InChI=1S/C14H19F2N3O2/c1-8(18-13(20)9(2)19-14(17)21)3-4-10-5-6-11(15)12(16)7-10/h5-9H,3-4H2,1-2H3,(H,18,20)(H3,17,19,21)/t8-,9+/m1/s1. The molecule has 4 N–H and O–H groups in total. The number of halogens is 2. The van der Waals surface area contributed by atoms with E-state index in [1.807, 2.05) is 0 Å². The Morgan fingerprint density at radius 1 is 1.19 bits per heavy atom. The zero-order chi connectivity index (χ0) is 16.0. The number of hydrogen-bond donors (Lipinski definition) is 3. The van der Waals surface area contributed by atoms with Crippen molar-refractivity contribution >= 4 is 11.9 Å². The van der Waals surface area contributed by atoms with Crippen LogP contribution in [0.3, 0.4) is 0 Å². The lowest BCUT2D eigenvalue weighted by atomic mass is 10.1. The highest BCUT2D eigenvalue weighted by atomic mass is 19.2. The summed E-state index contributed by atoms with van der Waals surface area (Å²) in [4.78, 5) is 22.3. The van der Waals surface area contributed by atoms with E-state index in [0.29, 0.717) is 18.4 Å². The SMILES string of the molecule is C[C@H](CCc1ccc(F)c(F)c1)NC(=O)[C@H](C)NC(N)=O. The van der Waals surface area contributed by atoms with Gasteiger partial charge in [-0.15, -0.1) is 0 Å². The average Bonchev–Trinajstić information content (AvgIpc) is 2.39. The molecule has 0 aromatic heterocycles. The molecular formula is C14H19F2N3O2. The number of carbonyl (C=O) groups excluding carboxylic acids is 2. The lowest BCUT2D eigenvalue weighted by Gasteiger charge is -2.17. The first-order chi connectivity index (χ1) is 9.79. The first-order valence-corrected chi connectivity index (χ1v) is 6.60. The summed E-state index contributed by atoms with van der Waals surface area (Å²) < 4.78 is 25.8.